The van der Waals surface area contributed by atoms with Gasteiger partial charge in [-0.2, -0.15) is 0 Å². The molecule has 0 saturated carbocycles. The molecule has 1 spiro atoms. The van der Waals surface area contributed by atoms with E-state index in [4.69, 9.17) is 16.3 Å². The van der Waals surface area contributed by atoms with Crippen molar-refractivity contribution in [2.75, 3.05) is 11.5 Å². The predicted octanol–water partition coefficient (Wildman–Crippen LogP) is 5.65. The normalized spacial score (nSPS) is 27.9. The second kappa shape index (κ2) is 8.41. The summed E-state index contributed by atoms with van der Waals surface area (Å²) in [6.45, 7) is 5.50. The van der Waals surface area contributed by atoms with Gasteiger partial charge in [0.1, 0.15) is 0 Å². The molecule has 1 amide bonds. The Morgan fingerprint density at radius 1 is 1.26 bits per heavy atom. The molecule has 0 bridgehead atoms. The lowest BCUT2D eigenvalue weighted by Gasteiger charge is -2.31. The van der Waals surface area contributed by atoms with Gasteiger partial charge in [-0.25, -0.2) is 0 Å². The lowest BCUT2D eigenvalue weighted by atomic mass is 9.82. The van der Waals surface area contributed by atoms with Crippen LogP contribution in [0.3, 0.4) is 0 Å². The van der Waals surface area contributed by atoms with Crippen molar-refractivity contribution in [3.63, 3.8) is 0 Å². The van der Waals surface area contributed by atoms with Gasteiger partial charge < -0.3 is 18.9 Å². The van der Waals surface area contributed by atoms with Gasteiger partial charge in [0.2, 0.25) is 8.41 Å². The summed E-state index contributed by atoms with van der Waals surface area (Å²) in [5, 5.41) is 10.1. The van der Waals surface area contributed by atoms with Crippen molar-refractivity contribution in [3.8, 4) is 0 Å². The maximum atomic E-state index is 15.4. The molecule has 2 aliphatic rings. The molecule has 2 heterocycles. The summed E-state index contributed by atoms with van der Waals surface area (Å²) in [6, 6.07) is 13.4. The summed E-state index contributed by atoms with van der Waals surface area (Å²) in [5.74, 6) is -0.554. The molecule has 4 atom stereocenters. The molecule has 0 unspecified atom stereocenters. The van der Waals surface area contributed by atoms with Gasteiger partial charge in [-0.05, 0) is 78.0 Å². The maximum Gasteiger partial charge on any atom is 0.264 e. The average Bonchev–Trinajstić information content (AvgIpc) is 3.11. The van der Waals surface area contributed by atoms with Crippen LogP contribution in [-0.4, -0.2) is 32.1 Å². The van der Waals surface area contributed by atoms with Crippen LogP contribution in [0.1, 0.15) is 24.5 Å². The van der Waals surface area contributed by atoms with Crippen molar-refractivity contribution in [1.82, 2.24) is 0 Å². The lowest BCUT2D eigenvalue weighted by Crippen LogP contribution is -2.45. The Bertz CT molecular complexity index is 999. The number of amides is 1. The SMILES string of the molecule is C[C@@H]1[C@@H]([Si](C)(C)F)[C@H](CCO)O[C@@]12C(=O)N(Cc1ccc(I)cc1)c1ccc(Cl)cc12. The van der Waals surface area contributed by atoms with Crippen LogP contribution in [0.5, 0.6) is 0 Å². The highest BCUT2D eigenvalue weighted by atomic mass is 127. The van der Waals surface area contributed by atoms with Crippen LogP contribution in [0.2, 0.25) is 23.7 Å². The molecule has 2 aliphatic heterocycles. The molecule has 31 heavy (non-hydrogen) atoms. The van der Waals surface area contributed by atoms with Crippen molar-refractivity contribution in [1.29, 1.82) is 0 Å². The molecule has 0 aliphatic carbocycles. The Kier molecular flexibility index (Phi) is 6.28. The van der Waals surface area contributed by atoms with E-state index in [1.807, 2.05) is 37.3 Å². The van der Waals surface area contributed by atoms with E-state index in [2.05, 4.69) is 22.6 Å². The van der Waals surface area contributed by atoms with Gasteiger partial charge >= 0.3 is 0 Å². The molecule has 8 heteroatoms. The minimum Gasteiger partial charge on any atom is -0.396 e. The molecule has 0 aromatic heterocycles. The summed E-state index contributed by atoms with van der Waals surface area (Å²) in [4.78, 5) is 15.7. The van der Waals surface area contributed by atoms with Gasteiger partial charge in [0.15, 0.2) is 5.60 Å². The summed E-state index contributed by atoms with van der Waals surface area (Å²) in [5.41, 5.74) is 0.757. The van der Waals surface area contributed by atoms with Crippen LogP contribution < -0.4 is 4.90 Å². The van der Waals surface area contributed by atoms with Crippen LogP contribution in [0, 0.1) is 9.49 Å². The average molecular weight is 574 g/mol. The number of aliphatic hydroxyl groups is 1. The first-order valence-corrected chi connectivity index (χ1v) is 14.8. The van der Waals surface area contributed by atoms with E-state index in [1.54, 1.807) is 30.1 Å². The zero-order chi connectivity index (χ0) is 22.6. The Morgan fingerprint density at radius 3 is 2.55 bits per heavy atom. The third-order valence-corrected chi connectivity index (χ3v) is 10.0. The van der Waals surface area contributed by atoms with Crippen molar-refractivity contribution < 1.29 is 18.7 Å². The molecule has 2 aromatic carbocycles. The molecule has 166 valence electrons. The number of hydrogen-bond donors (Lipinski definition) is 1. The Labute approximate surface area is 202 Å². The summed E-state index contributed by atoms with van der Waals surface area (Å²) in [6.07, 6.45) is -0.210. The standard InChI is InChI=1S/C23H26ClFINO3Si/c1-14-21(31(2,3)25)20(10-11-28)30-23(14)18-12-16(24)6-9-19(18)27(22(23)29)13-15-4-7-17(26)8-5-15/h4-9,12,14,20-21,28H,10-11,13H2,1-3H3/t14-,20+,21-,23+/m1/s1. The van der Waals surface area contributed by atoms with E-state index in [0.717, 1.165) is 14.8 Å². The zero-order valence-corrected chi connectivity index (χ0v) is 21.7. The monoisotopic (exact) mass is 573 g/mol. The van der Waals surface area contributed by atoms with E-state index < -0.39 is 25.7 Å². The van der Waals surface area contributed by atoms with E-state index in [9.17, 15) is 9.90 Å². The van der Waals surface area contributed by atoms with Gasteiger partial charge in [-0.15, -0.1) is 0 Å². The number of hydrogen-bond acceptors (Lipinski definition) is 3. The number of nitrogens with zero attached hydrogens (tertiary/aromatic N) is 1. The Balaban J connectivity index is 1.82. The van der Waals surface area contributed by atoms with Crippen LogP contribution in [0.4, 0.5) is 9.80 Å². The van der Waals surface area contributed by atoms with Crippen LogP contribution in [0.25, 0.3) is 0 Å². The number of aliphatic hydroxyl groups excluding tert-OH is 1. The fourth-order valence-electron chi connectivity index (χ4n) is 5.35. The van der Waals surface area contributed by atoms with Crippen molar-refractivity contribution >= 4 is 54.2 Å². The molecule has 4 rings (SSSR count). The molecular formula is C23H26ClFINO3Si. The largest absolute Gasteiger partial charge is 0.396 e. The third-order valence-electron chi connectivity index (χ3n) is 6.59. The fraction of sp³-hybridized carbons (Fsp3) is 0.435. The first-order valence-electron chi connectivity index (χ1n) is 10.4. The highest BCUT2D eigenvalue weighted by molar-refractivity contribution is 14.1. The number of ether oxygens (including phenoxy) is 1. The highest BCUT2D eigenvalue weighted by Crippen LogP contribution is 2.60. The quantitative estimate of drug-likeness (QED) is 0.286. The predicted molar refractivity (Wildman–Crippen MR) is 132 cm³/mol. The van der Waals surface area contributed by atoms with Crippen molar-refractivity contribution in [2.45, 2.75) is 50.2 Å². The molecule has 0 radical (unpaired) electrons. The number of halogens is 3. The number of rotatable bonds is 5. The number of fused-ring (bicyclic) bond motifs is 2. The zero-order valence-electron chi connectivity index (χ0n) is 17.7. The maximum absolute atomic E-state index is 15.4. The molecule has 2 aromatic rings. The minimum atomic E-state index is -3.19. The van der Waals surface area contributed by atoms with E-state index in [-0.39, 0.29) is 18.4 Å². The summed E-state index contributed by atoms with van der Waals surface area (Å²) >= 11 is 8.59. The molecule has 4 nitrogen and oxygen atoms in total. The highest BCUT2D eigenvalue weighted by Gasteiger charge is 2.66. The van der Waals surface area contributed by atoms with Crippen molar-refractivity contribution in [2.24, 2.45) is 5.92 Å². The van der Waals surface area contributed by atoms with E-state index >= 15 is 4.11 Å². The second-order valence-electron chi connectivity index (χ2n) is 8.96. The topological polar surface area (TPSA) is 49.8 Å². The molecular weight excluding hydrogens is 548 g/mol. The van der Waals surface area contributed by atoms with Gasteiger partial charge in [0.05, 0.1) is 18.3 Å². The van der Waals surface area contributed by atoms with Gasteiger partial charge in [0, 0.05) is 32.2 Å². The van der Waals surface area contributed by atoms with Gasteiger partial charge in [0.25, 0.3) is 5.91 Å². The smallest absolute Gasteiger partial charge is 0.264 e. The fourth-order valence-corrected chi connectivity index (χ4v) is 8.42. The number of benzene rings is 2. The minimum absolute atomic E-state index is 0.114. The van der Waals surface area contributed by atoms with Gasteiger partial charge in [-0.3, -0.25) is 4.79 Å². The van der Waals surface area contributed by atoms with Crippen LogP contribution in [0.15, 0.2) is 42.5 Å². The Morgan fingerprint density at radius 2 is 1.94 bits per heavy atom. The van der Waals surface area contributed by atoms with E-state index in [0.29, 0.717) is 23.6 Å². The molecule has 1 fully saturated rings. The molecule has 1 N–H and O–H groups in total. The molecule has 1 saturated heterocycles. The van der Waals surface area contributed by atoms with Gasteiger partial charge in [-0.1, -0.05) is 30.7 Å². The van der Waals surface area contributed by atoms with E-state index in [1.165, 1.54) is 0 Å². The van der Waals surface area contributed by atoms with Crippen molar-refractivity contribution in [3.05, 3.63) is 62.2 Å². The number of carbonyl (C=O) groups excluding carboxylic acids is 1. The third kappa shape index (κ3) is 3.86. The number of carbonyl (C=O) groups is 1. The second-order valence-corrected chi connectivity index (χ2v) is 14.4. The van der Waals surface area contributed by atoms with Crippen LogP contribution >= 0.6 is 34.2 Å². The first kappa shape index (κ1) is 23.2. The lowest BCUT2D eigenvalue weighted by molar-refractivity contribution is -0.146. The number of anilines is 1. The summed E-state index contributed by atoms with van der Waals surface area (Å²) in [7, 11) is -3.19. The first-order chi connectivity index (χ1) is 14.6. The summed E-state index contributed by atoms with van der Waals surface area (Å²) < 4.78 is 23.0. The van der Waals surface area contributed by atoms with Crippen LogP contribution in [-0.2, 0) is 21.7 Å². The Hall–Kier alpha value is -1.00.